The van der Waals surface area contributed by atoms with E-state index in [2.05, 4.69) is 24.9 Å². The Hall–Kier alpha value is -1.76. The number of carbonyl (C=O) groups is 1. The fourth-order valence-corrected chi connectivity index (χ4v) is 1.45. The molecule has 1 amide bonds. The molecule has 2 N–H and O–H groups in total. The molecule has 2 rings (SSSR count). The maximum absolute atomic E-state index is 11.5. The van der Waals surface area contributed by atoms with Crippen molar-refractivity contribution in [2.24, 2.45) is 0 Å². The number of aromatic nitrogens is 4. The van der Waals surface area contributed by atoms with E-state index in [1.807, 2.05) is 6.92 Å². The average Bonchev–Trinajstić information content (AvgIpc) is 2.75. The number of H-pyrrole nitrogens is 1. The first-order chi connectivity index (χ1) is 6.75. The quantitative estimate of drug-likeness (QED) is 0.767. The minimum Gasteiger partial charge on any atom is -0.289 e. The van der Waals surface area contributed by atoms with Gasteiger partial charge in [0.25, 0.3) is 5.91 Å². The normalized spacial score (nSPS) is 10.1. The van der Waals surface area contributed by atoms with Gasteiger partial charge in [0, 0.05) is 4.88 Å². The molecule has 0 aliphatic heterocycles. The van der Waals surface area contributed by atoms with Crippen molar-refractivity contribution in [3.8, 4) is 0 Å². The molecule has 7 heteroatoms. The molecule has 0 aliphatic carbocycles. The van der Waals surface area contributed by atoms with E-state index in [4.69, 9.17) is 0 Å². The molecule has 0 aliphatic rings. The third kappa shape index (κ3) is 1.77. The van der Waals surface area contributed by atoms with Crippen LogP contribution in [0.15, 0.2) is 12.4 Å². The molecule has 14 heavy (non-hydrogen) atoms. The third-order valence-corrected chi connectivity index (χ3v) is 2.20. The molecule has 72 valence electrons. The van der Waals surface area contributed by atoms with Gasteiger partial charge in [-0.25, -0.2) is 5.10 Å². The van der Waals surface area contributed by atoms with Crippen LogP contribution < -0.4 is 5.32 Å². The highest BCUT2D eigenvalue weighted by Gasteiger charge is 2.10. The summed E-state index contributed by atoms with van der Waals surface area (Å²) in [4.78, 5) is 16.2. The standard InChI is InChI=1S/C7H7N5OS/c1-4-2-5(12-14-4)6(13)10-7-8-3-9-11-7/h2-3H,1H3,(H2,8,9,10,11,13). The number of hydrogen-bond acceptors (Lipinski definition) is 5. The average molecular weight is 209 g/mol. The SMILES string of the molecule is Cc1cc(C(=O)Nc2ncn[nH]2)ns1. The predicted octanol–water partition coefficient (Wildman–Crippen LogP) is 0.822. The Morgan fingerprint density at radius 3 is 3.07 bits per heavy atom. The Balaban J connectivity index is 2.10. The molecular weight excluding hydrogens is 202 g/mol. The van der Waals surface area contributed by atoms with Crippen LogP contribution >= 0.6 is 11.5 Å². The number of rotatable bonds is 2. The van der Waals surface area contributed by atoms with E-state index in [0.717, 1.165) is 4.88 Å². The summed E-state index contributed by atoms with van der Waals surface area (Å²) in [6.07, 6.45) is 1.32. The molecule has 2 aromatic rings. The Kier molecular flexibility index (Phi) is 2.23. The van der Waals surface area contributed by atoms with Crippen LogP contribution in [0.1, 0.15) is 15.4 Å². The number of hydrogen-bond donors (Lipinski definition) is 2. The molecule has 0 spiro atoms. The monoisotopic (exact) mass is 209 g/mol. The molecule has 6 nitrogen and oxygen atoms in total. The lowest BCUT2D eigenvalue weighted by atomic mass is 10.4. The zero-order valence-electron chi connectivity index (χ0n) is 7.31. The summed E-state index contributed by atoms with van der Waals surface area (Å²) in [7, 11) is 0. The number of aryl methyl sites for hydroxylation is 1. The molecule has 0 bridgehead atoms. The van der Waals surface area contributed by atoms with Crippen LogP contribution in [-0.2, 0) is 0 Å². The van der Waals surface area contributed by atoms with Crippen LogP contribution in [0.25, 0.3) is 0 Å². The number of amides is 1. The first kappa shape index (κ1) is 8.82. The summed E-state index contributed by atoms with van der Waals surface area (Å²) in [6.45, 7) is 1.89. The maximum atomic E-state index is 11.5. The molecule has 0 fully saturated rings. The summed E-state index contributed by atoms with van der Waals surface area (Å²) >= 11 is 1.29. The van der Waals surface area contributed by atoms with E-state index >= 15 is 0 Å². The van der Waals surface area contributed by atoms with Gasteiger partial charge in [-0.2, -0.15) is 14.5 Å². The Morgan fingerprint density at radius 1 is 1.64 bits per heavy atom. The van der Waals surface area contributed by atoms with Gasteiger partial charge in [-0.3, -0.25) is 10.1 Å². The summed E-state index contributed by atoms with van der Waals surface area (Å²) in [5.41, 5.74) is 0.393. The van der Waals surface area contributed by atoms with Gasteiger partial charge in [-0.15, -0.1) is 0 Å². The van der Waals surface area contributed by atoms with Crippen molar-refractivity contribution in [3.05, 3.63) is 23.0 Å². The molecule has 2 heterocycles. The molecular formula is C7H7N5OS. The summed E-state index contributed by atoms with van der Waals surface area (Å²) in [5, 5.41) is 8.66. The molecule has 2 aromatic heterocycles. The van der Waals surface area contributed by atoms with Crippen LogP contribution in [-0.4, -0.2) is 25.5 Å². The largest absolute Gasteiger partial charge is 0.289 e. The van der Waals surface area contributed by atoms with Gasteiger partial charge < -0.3 is 0 Å². The lowest BCUT2D eigenvalue weighted by Crippen LogP contribution is -2.13. The molecule has 0 atom stereocenters. The first-order valence-electron chi connectivity index (χ1n) is 3.86. The lowest BCUT2D eigenvalue weighted by molar-refractivity contribution is 0.102. The van der Waals surface area contributed by atoms with E-state index in [1.165, 1.54) is 17.9 Å². The molecule has 0 radical (unpaired) electrons. The Bertz CT molecular complexity index is 435. The molecule has 0 aromatic carbocycles. The fourth-order valence-electron chi connectivity index (χ4n) is 0.911. The number of nitrogens with zero attached hydrogens (tertiary/aromatic N) is 3. The van der Waals surface area contributed by atoms with Crippen molar-refractivity contribution in [1.82, 2.24) is 19.6 Å². The van der Waals surface area contributed by atoms with Gasteiger partial charge >= 0.3 is 0 Å². The number of aromatic amines is 1. The highest BCUT2D eigenvalue weighted by atomic mass is 32.1. The van der Waals surface area contributed by atoms with Crippen molar-refractivity contribution in [3.63, 3.8) is 0 Å². The van der Waals surface area contributed by atoms with Crippen molar-refractivity contribution < 1.29 is 4.79 Å². The first-order valence-corrected chi connectivity index (χ1v) is 4.63. The van der Waals surface area contributed by atoms with E-state index in [1.54, 1.807) is 6.07 Å². The van der Waals surface area contributed by atoms with Crippen LogP contribution in [0, 0.1) is 6.92 Å². The van der Waals surface area contributed by atoms with E-state index in [0.29, 0.717) is 11.6 Å². The van der Waals surface area contributed by atoms with Crippen molar-refractivity contribution >= 4 is 23.4 Å². The summed E-state index contributed by atoms with van der Waals surface area (Å²) in [5.74, 6) is 0.0340. The minimum absolute atomic E-state index is 0.286. The van der Waals surface area contributed by atoms with Gasteiger partial charge in [-0.05, 0) is 24.5 Å². The summed E-state index contributed by atoms with van der Waals surface area (Å²) < 4.78 is 3.96. The Morgan fingerprint density at radius 2 is 2.50 bits per heavy atom. The third-order valence-electron chi connectivity index (χ3n) is 1.51. The van der Waals surface area contributed by atoms with Gasteiger partial charge in [0.05, 0.1) is 0 Å². The van der Waals surface area contributed by atoms with Gasteiger partial charge in [0.15, 0.2) is 0 Å². The zero-order valence-corrected chi connectivity index (χ0v) is 8.13. The fraction of sp³-hybridized carbons (Fsp3) is 0.143. The van der Waals surface area contributed by atoms with Gasteiger partial charge in [0.1, 0.15) is 12.0 Å². The second kappa shape index (κ2) is 3.54. The van der Waals surface area contributed by atoms with Crippen molar-refractivity contribution in [2.45, 2.75) is 6.92 Å². The van der Waals surface area contributed by atoms with Gasteiger partial charge in [0.2, 0.25) is 5.95 Å². The van der Waals surface area contributed by atoms with Crippen LogP contribution in [0.3, 0.4) is 0 Å². The maximum Gasteiger partial charge on any atom is 0.277 e. The van der Waals surface area contributed by atoms with E-state index in [9.17, 15) is 4.79 Å². The second-order valence-electron chi connectivity index (χ2n) is 2.61. The van der Waals surface area contributed by atoms with E-state index in [-0.39, 0.29) is 5.91 Å². The predicted molar refractivity (Wildman–Crippen MR) is 51.2 cm³/mol. The molecule has 0 saturated heterocycles. The lowest BCUT2D eigenvalue weighted by Gasteiger charge is -1.95. The molecule has 0 saturated carbocycles. The van der Waals surface area contributed by atoms with Crippen LogP contribution in [0.2, 0.25) is 0 Å². The number of anilines is 1. The summed E-state index contributed by atoms with van der Waals surface area (Å²) in [6, 6.07) is 1.72. The second-order valence-corrected chi connectivity index (χ2v) is 3.62. The van der Waals surface area contributed by atoms with Gasteiger partial charge in [-0.1, -0.05) is 0 Å². The topological polar surface area (TPSA) is 83.6 Å². The minimum atomic E-state index is -0.286. The number of nitrogens with one attached hydrogen (secondary N) is 2. The molecule has 0 unspecified atom stereocenters. The number of carbonyl (C=O) groups excluding carboxylic acids is 1. The van der Waals surface area contributed by atoms with Crippen LogP contribution in [0.4, 0.5) is 5.95 Å². The van der Waals surface area contributed by atoms with E-state index < -0.39 is 0 Å². The van der Waals surface area contributed by atoms with Crippen LogP contribution in [0.5, 0.6) is 0 Å². The highest BCUT2D eigenvalue weighted by molar-refractivity contribution is 7.05. The van der Waals surface area contributed by atoms with Crippen molar-refractivity contribution in [2.75, 3.05) is 5.32 Å². The van der Waals surface area contributed by atoms with Crippen molar-refractivity contribution in [1.29, 1.82) is 0 Å². The Labute approximate surface area is 83.5 Å². The zero-order chi connectivity index (χ0) is 9.97. The smallest absolute Gasteiger partial charge is 0.277 e. The highest BCUT2D eigenvalue weighted by Crippen LogP contribution is 2.08.